The van der Waals surface area contributed by atoms with Crippen LogP contribution in [0.2, 0.25) is 0 Å². The third-order valence-electron chi connectivity index (χ3n) is 4.70. The fourth-order valence-electron chi connectivity index (χ4n) is 3.11. The molecule has 13 heteroatoms. The van der Waals surface area contributed by atoms with E-state index in [0.717, 1.165) is 28.5 Å². The number of furan rings is 1. The number of carbonyl (C=O) groups is 1. The van der Waals surface area contributed by atoms with Crippen molar-refractivity contribution >= 4 is 44.7 Å². The maximum absolute atomic E-state index is 13.7. The Morgan fingerprint density at radius 3 is 2.46 bits per heavy atom. The third kappa shape index (κ3) is 4.75. The second-order valence-corrected chi connectivity index (χ2v) is 7.83. The van der Waals surface area contributed by atoms with E-state index in [1.807, 2.05) is 0 Å². The molecule has 4 rings (SSSR count). The Labute approximate surface area is 201 Å². The predicted octanol–water partition coefficient (Wildman–Crippen LogP) is 4.64. The summed E-state index contributed by atoms with van der Waals surface area (Å²) in [6.07, 6.45) is 1.34. The monoisotopic (exact) mass is 500 g/mol. The molecule has 0 saturated heterocycles. The van der Waals surface area contributed by atoms with Crippen molar-refractivity contribution in [2.75, 3.05) is 26.3 Å². The van der Waals surface area contributed by atoms with E-state index in [4.69, 9.17) is 18.6 Å². The minimum absolute atomic E-state index is 0.0957. The normalized spacial score (nSPS) is 11.1. The molecule has 1 amide bonds. The van der Waals surface area contributed by atoms with Gasteiger partial charge in [-0.1, -0.05) is 11.3 Å². The minimum atomic E-state index is -0.818. The van der Waals surface area contributed by atoms with Crippen LogP contribution in [0.4, 0.5) is 15.4 Å². The van der Waals surface area contributed by atoms with Gasteiger partial charge in [0.05, 0.1) is 43.8 Å². The van der Waals surface area contributed by atoms with Gasteiger partial charge in [-0.15, -0.1) is 0 Å². The summed E-state index contributed by atoms with van der Waals surface area (Å²) < 4.78 is 35.2. The van der Waals surface area contributed by atoms with Crippen molar-refractivity contribution in [2.45, 2.75) is 0 Å². The predicted molar refractivity (Wildman–Crippen MR) is 125 cm³/mol. The molecule has 0 aliphatic rings. The number of halogens is 1. The highest BCUT2D eigenvalue weighted by molar-refractivity contribution is 7.22. The van der Waals surface area contributed by atoms with Gasteiger partial charge in [0.1, 0.15) is 10.7 Å². The van der Waals surface area contributed by atoms with Crippen LogP contribution in [0.1, 0.15) is 16.1 Å². The van der Waals surface area contributed by atoms with Crippen LogP contribution in [-0.2, 0) is 0 Å². The van der Waals surface area contributed by atoms with Gasteiger partial charge >= 0.3 is 11.8 Å². The fourth-order valence-corrected chi connectivity index (χ4v) is 4.06. The topological polar surface area (TPSA) is 130 Å². The molecular formula is C22H17FN4O7S. The van der Waals surface area contributed by atoms with E-state index in [2.05, 4.69) is 10.1 Å². The second kappa shape index (κ2) is 9.77. The van der Waals surface area contributed by atoms with Gasteiger partial charge in [-0.25, -0.2) is 9.37 Å². The summed E-state index contributed by atoms with van der Waals surface area (Å²) in [5, 5.41) is 16.2. The molecule has 0 aliphatic heterocycles. The van der Waals surface area contributed by atoms with Crippen LogP contribution in [0.5, 0.6) is 17.2 Å². The van der Waals surface area contributed by atoms with Crippen LogP contribution in [0.3, 0.4) is 0 Å². The highest BCUT2D eigenvalue weighted by atomic mass is 32.1. The zero-order valence-electron chi connectivity index (χ0n) is 18.6. The lowest BCUT2D eigenvalue weighted by Gasteiger charge is -2.14. The molecule has 0 atom stereocenters. The summed E-state index contributed by atoms with van der Waals surface area (Å²) in [6, 6.07) is 9.43. The zero-order chi connectivity index (χ0) is 25.1. The molecule has 4 aromatic rings. The highest BCUT2D eigenvalue weighted by Crippen LogP contribution is 2.38. The molecule has 0 radical (unpaired) electrons. The van der Waals surface area contributed by atoms with E-state index in [0.29, 0.717) is 33.0 Å². The van der Waals surface area contributed by atoms with Crippen molar-refractivity contribution in [1.82, 2.24) is 4.98 Å². The van der Waals surface area contributed by atoms with Gasteiger partial charge in [0.2, 0.25) is 16.6 Å². The molecular weight excluding hydrogens is 483 g/mol. The van der Waals surface area contributed by atoms with Gasteiger partial charge in [0.25, 0.3) is 0 Å². The molecule has 0 unspecified atom stereocenters. The van der Waals surface area contributed by atoms with E-state index in [-0.39, 0.29) is 10.9 Å². The number of nitro groups is 1. The van der Waals surface area contributed by atoms with Crippen molar-refractivity contribution < 1.29 is 32.7 Å². The number of hydrogen-bond donors (Lipinski definition) is 0. The molecule has 2 heterocycles. The minimum Gasteiger partial charge on any atom is -0.493 e. The van der Waals surface area contributed by atoms with Gasteiger partial charge in [0, 0.05) is 5.56 Å². The summed E-state index contributed by atoms with van der Waals surface area (Å²) in [5.41, 5.74) is 0.924. The Hall–Kier alpha value is -4.52. The first-order chi connectivity index (χ1) is 16.8. The number of ether oxygens (including phenoxy) is 3. The Kier molecular flexibility index (Phi) is 6.59. The molecule has 0 fully saturated rings. The first kappa shape index (κ1) is 23.6. The Balaban J connectivity index is 1.78. The number of carbonyl (C=O) groups excluding carboxylic acids is 1. The lowest BCUT2D eigenvalue weighted by molar-refractivity contribution is -0.402. The number of benzene rings is 2. The summed E-state index contributed by atoms with van der Waals surface area (Å²) in [6.45, 7) is 0. The van der Waals surface area contributed by atoms with Crippen LogP contribution < -0.4 is 19.2 Å². The van der Waals surface area contributed by atoms with Crippen LogP contribution in [-0.4, -0.2) is 43.4 Å². The van der Waals surface area contributed by atoms with Crippen molar-refractivity contribution in [2.24, 2.45) is 5.10 Å². The molecule has 0 aliphatic carbocycles. The SMILES string of the molecule is COc1cc(/C=N/N(C(=O)c2ccc([N+](=O)[O-])o2)c2nc3ccc(F)cc3s2)cc(OC)c1OC. The quantitative estimate of drug-likeness (QED) is 0.194. The van der Waals surface area contributed by atoms with Crippen LogP contribution in [0, 0.1) is 15.9 Å². The Morgan fingerprint density at radius 2 is 1.86 bits per heavy atom. The average Bonchev–Trinajstić information content (AvgIpc) is 3.50. The molecule has 0 saturated carbocycles. The number of fused-ring (bicyclic) bond motifs is 1. The van der Waals surface area contributed by atoms with Crippen LogP contribution >= 0.6 is 11.3 Å². The third-order valence-corrected chi connectivity index (χ3v) is 5.70. The molecule has 2 aromatic heterocycles. The molecule has 11 nitrogen and oxygen atoms in total. The number of nitrogens with zero attached hydrogens (tertiary/aromatic N) is 4. The van der Waals surface area contributed by atoms with Crippen LogP contribution in [0.15, 0.2) is 52.0 Å². The van der Waals surface area contributed by atoms with E-state index in [9.17, 15) is 19.3 Å². The Morgan fingerprint density at radius 1 is 1.14 bits per heavy atom. The molecule has 0 bridgehead atoms. The number of methoxy groups -OCH3 is 3. The Bertz CT molecular complexity index is 1420. The van der Waals surface area contributed by atoms with Gasteiger partial charge in [-0.3, -0.25) is 14.9 Å². The number of hydrazone groups is 1. The van der Waals surface area contributed by atoms with Gasteiger partial charge in [-0.2, -0.15) is 10.1 Å². The molecule has 35 heavy (non-hydrogen) atoms. The lowest BCUT2D eigenvalue weighted by Crippen LogP contribution is -2.25. The van der Waals surface area contributed by atoms with Crippen LogP contribution in [0.25, 0.3) is 10.2 Å². The maximum atomic E-state index is 13.7. The highest BCUT2D eigenvalue weighted by Gasteiger charge is 2.26. The summed E-state index contributed by atoms with van der Waals surface area (Å²) in [5.74, 6) is -1.12. The smallest absolute Gasteiger partial charge is 0.433 e. The first-order valence-corrected chi connectivity index (χ1v) is 10.6. The largest absolute Gasteiger partial charge is 0.493 e. The lowest BCUT2D eigenvalue weighted by atomic mass is 10.2. The zero-order valence-corrected chi connectivity index (χ0v) is 19.4. The maximum Gasteiger partial charge on any atom is 0.433 e. The summed E-state index contributed by atoms with van der Waals surface area (Å²) >= 11 is 1.01. The standard InChI is InChI=1S/C22H17FN4O7S/c1-31-16-8-12(9-17(32-2)20(16)33-3)11-24-26(21(28)15-6-7-19(34-15)27(29)30)22-25-14-5-4-13(23)10-18(14)35-22/h4-11H,1-3H3/b24-11+. The number of rotatable bonds is 8. The summed E-state index contributed by atoms with van der Waals surface area (Å²) in [7, 11) is 4.38. The molecule has 0 N–H and O–H groups in total. The first-order valence-electron chi connectivity index (χ1n) is 9.83. The number of aromatic nitrogens is 1. The number of amides is 1. The molecule has 180 valence electrons. The summed E-state index contributed by atoms with van der Waals surface area (Å²) in [4.78, 5) is 27.8. The van der Waals surface area contributed by atoms with Crippen molar-refractivity contribution in [3.8, 4) is 17.2 Å². The van der Waals surface area contributed by atoms with Crippen molar-refractivity contribution in [1.29, 1.82) is 0 Å². The fraction of sp³-hybridized carbons (Fsp3) is 0.136. The number of anilines is 1. The van der Waals surface area contributed by atoms with Crippen molar-refractivity contribution in [3.63, 3.8) is 0 Å². The number of thiazole rings is 1. The number of hydrogen-bond acceptors (Lipinski definition) is 10. The molecule has 2 aromatic carbocycles. The van der Waals surface area contributed by atoms with E-state index in [1.54, 1.807) is 12.1 Å². The van der Waals surface area contributed by atoms with E-state index >= 15 is 0 Å². The van der Waals surface area contributed by atoms with E-state index in [1.165, 1.54) is 45.7 Å². The second-order valence-electron chi connectivity index (χ2n) is 6.82. The van der Waals surface area contributed by atoms with Crippen molar-refractivity contribution in [3.05, 3.63) is 69.7 Å². The average molecular weight is 500 g/mol. The van der Waals surface area contributed by atoms with Gasteiger partial charge in [0.15, 0.2) is 11.5 Å². The molecule has 0 spiro atoms. The van der Waals surface area contributed by atoms with Gasteiger partial charge in [-0.05, 0) is 36.4 Å². The van der Waals surface area contributed by atoms with E-state index < -0.39 is 22.5 Å². The van der Waals surface area contributed by atoms with Gasteiger partial charge < -0.3 is 18.6 Å².